The fourth-order valence-corrected chi connectivity index (χ4v) is 3.07. The van der Waals surface area contributed by atoms with Gasteiger partial charge in [-0.05, 0) is 33.8 Å². The van der Waals surface area contributed by atoms with Gasteiger partial charge in [-0.1, -0.05) is 13.3 Å². The molecule has 0 spiro atoms. The third-order valence-corrected chi connectivity index (χ3v) is 4.23. The van der Waals surface area contributed by atoms with Crippen molar-refractivity contribution in [3.8, 4) is 0 Å². The Labute approximate surface area is 114 Å². The molecule has 0 aliphatic carbocycles. The van der Waals surface area contributed by atoms with Gasteiger partial charge in [0.25, 0.3) is 5.91 Å². The van der Waals surface area contributed by atoms with Crippen LogP contribution in [0.5, 0.6) is 0 Å². The number of thiophene rings is 1. The minimum Gasteiger partial charge on any atom is -0.337 e. The highest BCUT2D eigenvalue weighted by Gasteiger charge is 2.18. The molecule has 0 fully saturated rings. The van der Waals surface area contributed by atoms with E-state index in [1.165, 1.54) is 11.3 Å². The molecule has 0 N–H and O–H groups in total. The van der Waals surface area contributed by atoms with Gasteiger partial charge in [0, 0.05) is 23.4 Å². The quantitative estimate of drug-likeness (QED) is 0.725. The van der Waals surface area contributed by atoms with Gasteiger partial charge in [-0.3, -0.25) is 4.79 Å². The highest BCUT2D eigenvalue weighted by Crippen LogP contribution is 2.24. The molecule has 0 bridgehead atoms. The Balaban J connectivity index is 2.70. The van der Waals surface area contributed by atoms with Crippen LogP contribution in [0.25, 0.3) is 0 Å². The second-order valence-electron chi connectivity index (χ2n) is 3.43. The van der Waals surface area contributed by atoms with E-state index in [1.54, 1.807) is 0 Å². The lowest BCUT2D eigenvalue weighted by Crippen LogP contribution is -2.33. The number of amides is 1. The Kier molecular flexibility index (Phi) is 6.39. The molecule has 0 aromatic carbocycles. The lowest BCUT2D eigenvalue weighted by Gasteiger charge is -2.20. The molecule has 1 rings (SSSR count). The number of carbonyl (C=O) groups excluding carboxylic acids is 1. The molecule has 1 amide bonds. The van der Waals surface area contributed by atoms with Gasteiger partial charge < -0.3 is 4.90 Å². The van der Waals surface area contributed by atoms with Gasteiger partial charge in [0.2, 0.25) is 0 Å². The van der Waals surface area contributed by atoms with Gasteiger partial charge in [-0.2, -0.15) is 0 Å². The van der Waals surface area contributed by atoms with E-state index < -0.39 is 0 Å². The molecule has 0 radical (unpaired) electrons. The van der Waals surface area contributed by atoms with Crippen LogP contribution in [0.15, 0.2) is 15.9 Å². The number of alkyl halides is 1. The van der Waals surface area contributed by atoms with Crippen LogP contribution in [0.3, 0.4) is 0 Å². The molecule has 2 nitrogen and oxygen atoms in total. The molecule has 5 heteroatoms. The lowest BCUT2D eigenvalue weighted by molar-refractivity contribution is 0.0767. The van der Waals surface area contributed by atoms with Crippen molar-refractivity contribution in [1.82, 2.24) is 4.90 Å². The molecular formula is C11H15BrClNOS. The van der Waals surface area contributed by atoms with Crippen molar-refractivity contribution in [2.75, 3.05) is 19.0 Å². The highest BCUT2D eigenvalue weighted by atomic mass is 79.9. The zero-order valence-electron chi connectivity index (χ0n) is 9.21. The predicted octanol–water partition coefficient (Wildman–Crippen LogP) is 3.99. The van der Waals surface area contributed by atoms with Gasteiger partial charge in [-0.25, -0.2) is 0 Å². The molecule has 16 heavy (non-hydrogen) atoms. The van der Waals surface area contributed by atoms with Crippen LogP contribution in [0, 0.1) is 0 Å². The molecular weight excluding hydrogens is 310 g/mol. The zero-order chi connectivity index (χ0) is 12.0. The Morgan fingerprint density at radius 3 is 2.81 bits per heavy atom. The van der Waals surface area contributed by atoms with Crippen LogP contribution in [0.4, 0.5) is 0 Å². The largest absolute Gasteiger partial charge is 0.337 e. The average Bonchev–Trinajstić information content (AvgIpc) is 2.69. The number of rotatable bonds is 6. The summed E-state index contributed by atoms with van der Waals surface area (Å²) in [4.78, 5) is 14.8. The van der Waals surface area contributed by atoms with Crippen molar-refractivity contribution in [3.63, 3.8) is 0 Å². The van der Waals surface area contributed by atoms with E-state index in [4.69, 9.17) is 11.6 Å². The van der Waals surface area contributed by atoms with Crippen LogP contribution in [0.1, 0.15) is 29.4 Å². The minimum absolute atomic E-state index is 0.0796. The topological polar surface area (TPSA) is 20.3 Å². The van der Waals surface area contributed by atoms with Crippen LogP contribution in [-0.4, -0.2) is 29.8 Å². The summed E-state index contributed by atoms with van der Waals surface area (Å²) >= 11 is 10.6. The first-order valence-electron chi connectivity index (χ1n) is 5.29. The molecule has 1 aromatic heterocycles. The Bertz CT molecular complexity index is 342. The molecule has 90 valence electrons. The van der Waals surface area contributed by atoms with E-state index >= 15 is 0 Å². The normalized spacial score (nSPS) is 10.4. The van der Waals surface area contributed by atoms with E-state index in [0.717, 1.165) is 28.7 Å². The highest BCUT2D eigenvalue weighted by molar-refractivity contribution is 9.10. The Hall–Kier alpha value is -0.0600. The summed E-state index contributed by atoms with van der Waals surface area (Å²) in [5.41, 5.74) is 0. The molecule has 0 aliphatic rings. The van der Waals surface area contributed by atoms with Crippen molar-refractivity contribution in [3.05, 3.63) is 20.8 Å². The Morgan fingerprint density at radius 2 is 2.31 bits per heavy atom. The third kappa shape index (κ3) is 3.75. The first-order valence-corrected chi connectivity index (χ1v) is 7.49. The summed E-state index contributed by atoms with van der Waals surface area (Å²) in [5, 5.41) is 1.91. The van der Waals surface area contributed by atoms with E-state index in [1.807, 2.05) is 16.3 Å². The van der Waals surface area contributed by atoms with E-state index in [0.29, 0.717) is 12.4 Å². The Morgan fingerprint density at radius 1 is 1.56 bits per heavy atom. The maximum Gasteiger partial charge on any atom is 0.265 e. The second-order valence-corrected chi connectivity index (χ2v) is 5.58. The number of halogens is 2. The van der Waals surface area contributed by atoms with Crippen LogP contribution in [-0.2, 0) is 0 Å². The van der Waals surface area contributed by atoms with Crippen molar-refractivity contribution < 1.29 is 4.79 Å². The van der Waals surface area contributed by atoms with Crippen molar-refractivity contribution in [2.24, 2.45) is 0 Å². The SMILES string of the molecule is CCCCN(CCCl)C(=O)c1sccc1Br. The van der Waals surface area contributed by atoms with E-state index in [-0.39, 0.29) is 5.91 Å². The molecule has 0 saturated carbocycles. The van der Waals surface area contributed by atoms with Crippen molar-refractivity contribution >= 4 is 44.8 Å². The predicted molar refractivity (Wildman–Crippen MR) is 73.6 cm³/mol. The molecule has 0 saturated heterocycles. The summed E-state index contributed by atoms with van der Waals surface area (Å²) in [7, 11) is 0. The number of hydrogen-bond donors (Lipinski definition) is 0. The summed E-state index contributed by atoms with van der Waals surface area (Å²) in [6.07, 6.45) is 2.10. The van der Waals surface area contributed by atoms with Gasteiger partial charge in [0.1, 0.15) is 4.88 Å². The standard InChI is InChI=1S/C11H15BrClNOS/c1-2-3-6-14(7-5-13)11(15)10-9(12)4-8-16-10/h4,8H,2-3,5-7H2,1H3. The molecule has 1 aromatic rings. The fourth-order valence-electron chi connectivity index (χ4n) is 1.36. The van der Waals surface area contributed by atoms with Gasteiger partial charge >= 0.3 is 0 Å². The first kappa shape index (κ1) is 14.0. The van der Waals surface area contributed by atoms with Crippen molar-refractivity contribution in [1.29, 1.82) is 0 Å². The average molecular weight is 325 g/mol. The maximum atomic E-state index is 12.2. The van der Waals surface area contributed by atoms with Crippen LogP contribution in [0.2, 0.25) is 0 Å². The monoisotopic (exact) mass is 323 g/mol. The first-order chi connectivity index (χ1) is 7.70. The number of hydrogen-bond acceptors (Lipinski definition) is 2. The van der Waals surface area contributed by atoms with Crippen LogP contribution >= 0.6 is 38.9 Å². The maximum absolute atomic E-state index is 12.2. The number of unbranched alkanes of at least 4 members (excludes halogenated alkanes) is 1. The number of carbonyl (C=O) groups is 1. The summed E-state index contributed by atoms with van der Waals surface area (Å²) < 4.78 is 0.874. The van der Waals surface area contributed by atoms with Crippen LogP contribution < -0.4 is 0 Å². The molecule has 0 atom stereocenters. The van der Waals surface area contributed by atoms with Crippen molar-refractivity contribution in [2.45, 2.75) is 19.8 Å². The molecule has 0 aliphatic heterocycles. The summed E-state index contributed by atoms with van der Waals surface area (Å²) in [6.45, 7) is 3.52. The van der Waals surface area contributed by atoms with Gasteiger partial charge in [0.05, 0.1) is 0 Å². The lowest BCUT2D eigenvalue weighted by atomic mass is 10.3. The summed E-state index contributed by atoms with van der Waals surface area (Å²) in [6, 6.07) is 1.90. The molecule has 1 heterocycles. The fraction of sp³-hybridized carbons (Fsp3) is 0.545. The second kappa shape index (κ2) is 7.30. The minimum atomic E-state index is 0.0796. The third-order valence-electron chi connectivity index (χ3n) is 2.23. The number of nitrogens with zero attached hydrogens (tertiary/aromatic N) is 1. The smallest absolute Gasteiger partial charge is 0.265 e. The summed E-state index contributed by atoms with van der Waals surface area (Å²) in [5.74, 6) is 0.564. The zero-order valence-corrected chi connectivity index (χ0v) is 12.4. The van der Waals surface area contributed by atoms with E-state index in [9.17, 15) is 4.79 Å². The van der Waals surface area contributed by atoms with Gasteiger partial charge in [-0.15, -0.1) is 22.9 Å². The molecule has 0 unspecified atom stereocenters. The van der Waals surface area contributed by atoms with Gasteiger partial charge in [0.15, 0.2) is 0 Å². The van der Waals surface area contributed by atoms with E-state index in [2.05, 4.69) is 22.9 Å².